The van der Waals surface area contributed by atoms with Crippen LogP contribution in [0.25, 0.3) is 0 Å². The minimum Gasteiger partial charge on any atom is -0.493 e. The molecule has 0 bridgehead atoms. The summed E-state index contributed by atoms with van der Waals surface area (Å²) < 4.78 is 21.1. The van der Waals surface area contributed by atoms with Gasteiger partial charge in [0.2, 0.25) is 5.75 Å². The normalized spacial score (nSPS) is 12.7. The van der Waals surface area contributed by atoms with Crippen LogP contribution in [0, 0.1) is 0 Å². The van der Waals surface area contributed by atoms with Crippen LogP contribution in [-0.2, 0) is 33.7 Å². The fraction of sp³-hybridized carbons (Fsp3) is 0.364. The monoisotopic (exact) mass is 399 g/mol. The predicted octanol–water partition coefficient (Wildman–Crippen LogP) is 2.38. The van der Waals surface area contributed by atoms with Crippen molar-refractivity contribution in [2.75, 3.05) is 34.5 Å². The first-order valence-corrected chi connectivity index (χ1v) is 9.34. The lowest BCUT2D eigenvalue weighted by Crippen LogP contribution is -2.38. The number of rotatable bonds is 7. The Morgan fingerprint density at radius 1 is 0.966 bits per heavy atom. The molecule has 2 aromatic rings. The molecule has 0 atom stereocenters. The SMILES string of the molecule is COc1cc(CC(=O)OCC(=O)N2CCc3ccccc3C2)cc(OC)c1OC. The molecule has 0 saturated carbocycles. The van der Waals surface area contributed by atoms with Gasteiger partial charge in [-0.05, 0) is 35.2 Å². The van der Waals surface area contributed by atoms with Gasteiger partial charge in [-0.25, -0.2) is 0 Å². The maximum absolute atomic E-state index is 12.4. The lowest BCUT2D eigenvalue weighted by Gasteiger charge is -2.28. The van der Waals surface area contributed by atoms with Gasteiger partial charge in [0.25, 0.3) is 5.91 Å². The minimum absolute atomic E-state index is 0.00712. The first-order valence-electron chi connectivity index (χ1n) is 9.34. The third kappa shape index (κ3) is 4.80. The molecule has 0 spiro atoms. The largest absolute Gasteiger partial charge is 0.493 e. The van der Waals surface area contributed by atoms with Gasteiger partial charge in [-0.2, -0.15) is 0 Å². The number of amides is 1. The molecule has 0 unspecified atom stereocenters. The molecule has 1 amide bonds. The van der Waals surface area contributed by atoms with Crippen LogP contribution < -0.4 is 14.2 Å². The Bertz CT molecular complexity index is 870. The van der Waals surface area contributed by atoms with Crippen LogP contribution in [0.15, 0.2) is 36.4 Å². The zero-order chi connectivity index (χ0) is 20.8. The lowest BCUT2D eigenvalue weighted by atomic mass is 10.00. The summed E-state index contributed by atoms with van der Waals surface area (Å²) in [6.07, 6.45) is 0.800. The highest BCUT2D eigenvalue weighted by Crippen LogP contribution is 2.38. The Morgan fingerprint density at radius 2 is 1.62 bits per heavy atom. The van der Waals surface area contributed by atoms with Gasteiger partial charge >= 0.3 is 5.97 Å². The van der Waals surface area contributed by atoms with E-state index < -0.39 is 5.97 Å². The van der Waals surface area contributed by atoms with Crippen LogP contribution in [0.3, 0.4) is 0 Å². The van der Waals surface area contributed by atoms with E-state index in [1.165, 1.54) is 26.9 Å². The maximum atomic E-state index is 12.4. The Kier molecular flexibility index (Phi) is 6.59. The second-order valence-corrected chi connectivity index (χ2v) is 6.71. The quantitative estimate of drug-likeness (QED) is 0.666. The van der Waals surface area contributed by atoms with Crippen LogP contribution in [0.5, 0.6) is 17.2 Å². The molecular weight excluding hydrogens is 374 g/mol. The molecular formula is C22H25NO6. The van der Waals surface area contributed by atoms with Gasteiger partial charge in [-0.3, -0.25) is 9.59 Å². The first-order chi connectivity index (χ1) is 14.0. The van der Waals surface area contributed by atoms with E-state index in [1.807, 2.05) is 18.2 Å². The summed E-state index contributed by atoms with van der Waals surface area (Å²) >= 11 is 0. The van der Waals surface area contributed by atoms with E-state index in [-0.39, 0.29) is 18.9 Å². The molecule has 0 N–H and O–H groups in total. The van der Waals surface area contributed by atoms with Crippen molar-refractivity contribution in [2.45, 2.75) is 19.4 Å². The molecule has 7 heteroatoms. The first kappa shape index (κ1) is 20.5. The van der Waals surface area contributed by atoms with Gasteiger partial charge in [0.05, 0.1) is 27.8 Å². The second-order valence-electron chi connectivity index (χ2n) is 6.71. The number of ether oxygens (including phenoxy) is 4. The van der Waals surface area contributed by atoms with Crippen LogP contribution in [-0.4, -0.2) is 51.3 Å². The summed E-state index contributed by atoms with van der Waals surface area (Å²) in [7, 11) is 4.53. The molecule has 2 aromatic carbocycles. The van der Waals surface area contributed by atoms with Crippen molar-refractivity contribution in [3.63, 3.8) is 0 Å². The summed E-state index contributed by atoms with van der Waals surface area (Å²) in [4.78, 5) is 26.4. The highest BCUT2D eigenvalue weighted by Gasteiger charge is 2.22. The Hall–Kier alpha value is -3.22. The van der Waals surface area contributed by atoms with E-state index in [4.69, 9.17) is 18.9 Å². The molecule has 29 heavy (non-hydrogen) atoms. The summed E-state index contributed by atoms with van der Waals surface area (Å²) in [5.41, 5.74) is 3.04. The summed E-state index contributed by atoms with van der Waals surface area (Å²) in [5.74, 6) is 0.672. The zero-order valence-corrected chi connectivity index (χ0v) is 16.9. The van der Waals surface area contributed by atoms with E-state index in [1.54, 1.807) is 17.0 Å². The molecule has 0 aromatic heterocycles. The standard InChI is InChI=1S/C22H25NO6/c1-26-18-10-15(11-19(27-2)22(18)28-3)12-21(25)29-14-20(24)23-9-8-16-6-4-5-7-17(16)13-23/h4-7,10-11H,8-9,12-14H2,1-3H3. The van der Waals surface area contributed by atoms with E-state index >= 15 is 0 Å². The number of benzene rings is 2. The molecule has 154 valence electrons. The van der Waals surface area contributed by atoms with E-state index in [0.717, 1.165) is 12.0 Å². The van der Waals surface area contributed by atoms with Gasteiger partial charge in [-0.1, -0.05) is 24.3 Å². The van der Waals surface area contributed by atoms with Crippen LogP contribution in [0.4, 0.5) is 0 Å². The molecule has 0 radical (unpaired) electrons. The number of nitrogens with zero attached hydrogens (tertiary/aromatic N) is 1. The van der Waals surface area contributed by atoms with Crippen molar-refractivity contribution < 1.29 is 28.5 Å². The van der Waals surface area contributed by atoms with Crippen molar-refractivity contribution in [1.29, 1.82) is 0 Å². The van der Waals surface area contributed by atoms with Crippen molar-refractivity contribution in [3.05, 3.63) is 53.1 Å². The molecule has 0 saturated heterocycles. The maximum Gasteiger partial charge on any atom is 0.310 e. The molecule has 7 nitrogen and oxygen atoms in total. The van der Waals surface area contributed by atoms with Gasteiger partial charge in [-0.15, -0.1) is 0 Å². The Labute approximate surface area is 170 Å². The van der Waals surface area contributed by atoms with E-state index in [2.05, 4.69) is 6.07 Å². The minimum atomic E-state index is -0.495. The van der Waals surface area contributed by atoms with Crippen molar-refractivity contribution in [1.82, 2.24) is 4.90 Å². The fourth-order valence-corrected chi connectivity index (χ4v) is 3.40. The number of hydrogen-bond acceptors (Lipinski definition) is 6. The van der Waals surface area contributed by atoms with Crippen molar-refractivity contribution >= 4 is 11.9 Å². The number of carbonyl (C=O) groups is 2. The fourth-order valence-electron chi connectivity index (χ4n) is 3.40. The van der Waals surface area contributed by atoms with E-state index in [0.29, 0.717) is 35.9 Å². The Morgan fingerprint density at radius 3 is 2.24 bits per heavy atom. The van der Waals surface area contributed by atoms with Crippen molar-refractivity contribution in [2.24, 2.45) is 0 Å². The molecule has 0 aliphatic carbocycles. The summed E-state index contributed by atoms with van der Waals surface area (Å²) in [6, 6.07) is 11.4. The van der Waals surface area contributed by atoms with E-state index in [9.17, 15) is 9.59 Å². The number of methoxy groups -OCH3 is 3. The van der Waals surface area contributed by atoms with Gasteiger partial charge < -0.3 is 23.8 Å². The average Bonchev–Trinajstić information content (AvgIpc) is 2.76. The van der Waals surface area contributed by atoms with Gasteiger partial charge in [0.15, 0.2) is 18.1 Å². The lowest BCUT2D eigenvalue weighted by molar-refractivity contribution is -0.151. The number of carbonyl (C=O) groups excluding carboxylic acids is 2. The number of hydrogen-bond donors (Lipinski definition) is 0. The predicted molar refractivity (Wildman–Crippen MR) is 106 cm³/mol. The number of esters is 1. The molecule has 0 fully saturated rings. The van der Waals surface area contributed by atoms with Crippen LogP contribution >= 0.6 is 0 Å². The number of fused-ring (bicyclic) bond motifs is 1. The van der Waals surface area contributed by atoms with Crippen LogP contribution in [0.2, 0.25) is 0 Å². The molecule has 1 aliphatic rings. The highest BCUT2D eigenvalue weighted by molar-refractivity contribution is 5.81. The summed E-state index contributed by atoms with van der Waals surface area (Å²) in [6.45, 7) is 0.894. The summed E-state index contributed by atoms with van der Waals surface area (Å²) in [5, 5.41) is 0. The van der Waals surface area contributed by atoms with Crippen LogP contribution in [0.1, 0.15) is 16.7 Å². The second kappa shape index (κ2) is 9.32. The molecule has 1 aliphatic heterocycles. The smallest absolute Gasteiger partial charge is 0.310 e. The highest BCUT2D eigenvalue weighted by atomic mass is 16.5. The third-order valence-corrected chi connectivity index (χ3v) is 4.91. The van der Waals surface area contributed by atoms with Gasteiger partial charge in [0.1, 0.15) is 0 Å². The third-order valence-electron chi connectivity index (χ3n) is 4.91. The average molecular weight is 399 g/mol. The molecule has 3 rings (SSSR count). The zero-order valence-electron chi connectivity index (χ0n) is 16.9. The topological polar surface area (TPSA) is 74.3 Å². The molecule has 1 heterocycles. The Balaban J connectivity index is 1.57. The van der Waals surface area contributed by atoms with Gasteiger partial charge in [0, 0.05) is 13.1 Å². The van der Waals surface area contributed by atoms with Crippen molar-refractivity contribution in [3.8, 4) is 17.2 Å².